The maximum Gasteiger partial charge on any atom is 0.338 e. The summed E-state index contributed by atoms with van der Waals surface area (Å²) in [5, 5.41) is 0. The van der Waals surface area contributed by atoms with Crippen LogP contribution >= 0.6 is 11.3 Å². The van der Waals surface area contributed by atoms with Gasteiger partial charge >= 0.3 is 5.97 Å². The van der Waals surface area contributed by atoms with Crippen molar-refractivity contribution in [2.75, 3.05) is 39.5 Å². The highest BCUT2D eigenvalue weighted by Gasteiger charge is 2.17. The summed E-state index contributed by atoms with van der Waals surface area (Å²) in [4.78, 5) is 32.2. The molecule has 2 heterocycles. The number of benzene rings is 2. The minimum absolute atomic E-state index is 0.134. The van der Waals surface area contributed by atoms with Crippen LogP contribution in [0.5, 0.6) is 17.2 Å². The molecule has 10 heteroatoms. The molecule has 0 amide bonds. The lowest BCUT2D eigenvalue weighted by molar-refractivity contribution is 0.0526. The highest BCUT2D eigenvalue weighted by molar-refractivity contribution is 7.07. The number of fused-ring (bicyclic) bond motifs is 1. The van der Waals surface area contributed by atoms with Crippen LogP contribution in [0, 0.1) is 0 Å². The van der Waals surface area contributed by atoms with E-state index in [2.05, 4.69) is 4.99 Å². The number of rotatable bonds is 7. The summed E-state index contributed by atoms with van der Waals surface area (Å²) in [5.41, 5.74) is 1.95. The first-order valence-electron chi connectivity index (χ1n) is 10.6. The molecule has 0 spiro atoms. The second kappa shape index (κ2) is 10.0. The molecule has 1 aliphatic rings. The summed E-state index contributed by atoms with van der Waals surface area (Å²) >= 11 is 1.33. The molecule has 9 nitrogen and oxygen atoms in total. The Kier molecular flexibility index (Phi) is 6.87. The fraction of sp³-hybridized carbons (Fsp3) is 0.292. The zero-order valence-corrected chi connectivity index (χ0v) is 20.2. The standard InChI is InChI=1S/C24H25N3O6S/c1-5-33-23(29)16-6-8-17(9-7-16)26-13-25-24-27(14-26)22(28)20(34-24)12-15-10-18(30-2)21(32-4)19(11-15)31-3/h6-12H,5,13-14H2,1-4H3. The van der Waals surface area contributed by atoms with Crippen LogP contribution in [0.4, 0.5) is 5.69 Å². The van der Waals surface area contributed by atoms with Gasteiger partial charge in [0, 0.05) is 5.69 Å². The van der Waals surface area contributed by atoms with Crippen LogP contribution in [0.1, 0.15) is 22.8 Å². The lowest BCUT2D eigenvalue weighted by Gasteiger charge is -2.25. The molecule has 0 saturated heterocycles. The van der Waals surface area contributed by atoms with Crippen molar-refractivity contribution in [3.8, 4) is 17.2 Å². The van der Waals surface area contributed by atoms with E-state index in [4.69, 9.17) is 18.9 Å². The number of thiazole rings is 1. The predicted molar refractivity (Wildman–Crippen MR) is 129 cm³/mol. The van der Waals surface area contributed by atoms with Gasteiger partial charge in [-0.3, -0.25) is 9.36 Å². The van der Waals surface area contributed by atoms with E-state index >= 15 is 0 Å². The quantitative estimate of drug-likeness (QED) is 0.475. The van der Waals surface area contributed by atoms with E-state index in [0.717, 1.165) is 11.3 Å². The number of carbonyl (C=O) groups is 1. The summed E-state index contributed by atoms with van der Waals surface area (Å²) in [6.45, 7) is 2.86. The highest BCUT2D eigenvalue weighted by atomic mass is 32.1. The van der Waals surface area contributed by atoms with E-state index in [-0.39, 0.29) is 11.5 Å². The smallest absolute Gasteiger partial charge is 0.338 e. The van der Waals surface area contributed by atoms with Gasteiger partial charge in [-0.1, -0.05) is 11.3 Å². The molecule has 0 fully saturated rings. The van der Waals surface area contributed by atoms with Crippen LogP contribution in [0.25, 0.3) is 6.08 Å². The lowest BCUT2D eigenvalue weighted by atomic mass is 10.1. The van der Waals surface area contributed by atoms with Crippen molar-refractivity contribution in [3.63, 3.8) is 0 Å². The Balaban J connectivity index is 1.64. The summed E-state index contributed by atoms with van der Waals surface area (Å²) < 4.78 is 23.4. The van der Waals surface area contributed by atoms with Gasteiger partial charge in [0.1, 0.15) is 13.3 Å². The Morgan fingerprint density at radius 3 is 2.35 bits per heavy atom. The zero-order valence-electron chi connectivity index (χ0n) is 19.4. The maximum absolute atomic E-state index is 13.1. The summed E-state index contributed by atoms with van der Waals surface area (Å²) in [6, 6.07) is 10.7. The van der Waals surface area contributed by atoms with Crippen molar-refractivity contribution >= 4 is 29.1 Å². The first-order valence-corrected chi connectivity index (χ1v) is 11.4. The minimum Gasteiger partial charge on any atom is -0.493 e. The largest absolute Gasteiger partial charge is 0.493 e. The molecule has 0 radical (unpaired) electrons. The van der Waals surface area contributed by atoms with Crippen LogP contribution < -0.4 is 34.0 Å². The second-order valence-corrected chi connectivity index (χ2v) is 8.34. The van der Waals surface area contributed by atoms with Gasteiger partial charge in [-0.05, 0) is 55.0 Å². The first-order chi connectivity index (χ1) is 16.5. The third kappa shape index (κ3) is 4.49. The van der Waals surface area contributed by atoms with Crippen molar-refractivity contribution < 1.29 is 23.7 Å². The fourth-order valence-electron chi connectivity index (χ4n) is 3.63. The number of esters is 1. The Morgan fingerprint density at radius 1 is 1.09 bits per heavy atom. The minimum atomic E-state index is -0.360. The third-order valence-electron chi connectivity index (χ3n) is 5.31. The summed E-state index contributed by atoms with van der Waals surface area (Å²) in [6.07, 6.45) is 1.79. The molecule has 34 heavy (non-hydrogen) atoms. The SMILES string of the molecule is CCOC(=O)c1ccc(N2CN=c3sc(=Cc4cc(OC)c(OC)c(OC)c4)c(=O)n3C2)cc1. The topological polar surface area (TPSA) is 91.6 Å². The number of methoxy groups -OCH3 is 3. The molecule has 0 saturated carbocycles. The molecular weight excluding hydrogens is 458 g/mol. The van der Waals surface area contributed by atoms with E-state index in [0.29, 0.717) is 52.1 Å². The van der Waals surface area contributed by atoms with E-state index in [1.54, 1.807) is 63.2 Å². The number of carbonyl (C=O) groups excluding carboxylic acids is 1. The van der Waals surface area contributed by atoms with Gasteiger partial charge in [0.25, 0.3) is 5.56 Å². The number of aromatic nitrogens is 1. The molecule has 0 aliphatic carbocycles. The third-order valence-corrected chi connectivity index (χ3v) is 6.35. The Labute approximate surface area is 200 Å². The zero-order chi connectivity index (χ0) is 24.2. The monoisotopic (exact) mass is 483 g/mol. The molecule has 2 aromatic carbocycles. The van der Waals surface area contributed by atoms with Crippen molar-refractivity contribution in [1.82, 2.24) is 4.57 Å². The highest BCUT2D eigenvalue weighted by Crippen LogP contribution is 2.38. The van der Waals surface area contributed by atoms with Gasteiger partial charge in [0.05, 0.1) is 38.0 Å². The number of nitrogens with zero attached hydrogens (tertiary/aromatic N) is 3. The van der Waals surface area contributed by atoms with Crippen LogP contribution in [-0.2, 0) is 11.4 Å². The van der Waals surface area contributed by atoms with E-state index in [1.165, 1.54) is 11.3 Å². The van der Waals surface area contributed by atoms with Crippen molar-refractivity contribution in [3.05, 3.63) is 67.2 Å². The summed E-state index contributed by atoms with van der Waals surface area (Å²) in [5.74, 6) is 1.15. The van der Waals surface area contributed by atoms with Gasteiger partial charge in [0.2, 0.25) is 5.75 Å². The first kappa shape index (κ1) is 23.4. The molecule has 1 aliphatic heterocycles. The van der Waals surface area contributed by atoms with E-state index in [1.807, 2.05) is 17.0 Å². The van der Waals surface area contributed by atoms with Crippen molar-refractivity contribution in [2.45, 2.75) is 13.6 Å². The van der Waals surface area contributed by atoms with Crippen LogP contribution in [0.3, 0.4) is 0 Å². The Bertz CT molecular complexity index is 1350. The van der Waals surface area contributed by atoms with Crippen LogP contribution in [0.15, 0.2) is 46.2 Å². The van der Waals surface area contributed by atoms with Crippen molar-refractivity contribution in [2.24, 2.45) is 4.99 Å². The van der Waals surface area contributed by atoms with Gasteiger partial charge < -0.3 is 23.8 Å². The average molecular weight is 484 g/mol. The van der Waals surface area contributed by atoms with Crippen molar-refractivity contribution in [1.29, 1.82) is 0 Å². The number of hydrogen-bond acceptors (Lipinski definition) is 9. The molecule has 178 valence electrons. The molecule has 1 aromatic heterocycles. The normalized spacial score (nSPS) is 13.2. The summed E-state index contributed by atoms with van der Waals surface area (Å²) in [7, 11) is 4.64. The van der Waals surface area contributed by atoms with E-state index < -0.39 is 0 Å². The number of hydrogen-bond donors (Lipinski definition) is 0. The Morgan fingerprint density at radius 2 is 1.76 bits per heavy atom. The average Bonchev–Trinajstić information content (AvgIpc) is 3.17. The lowest BCUT2D eigenvalue weighted by Crippen LogP contribution is -2.42. The fourth-order valence-corrected chi connectivity index (χ4v) is 4.60. The van der Waals surface area contributed by atoms with Gasteiger partial charge in [-0.2, -0.15) is 0 Å². The number of ether oxygens (including phenoxy) is 4. The Hall–Kier alpha value is -3.79. The molecule has 0 unspecified atom stereocenters. The van der Waals surface area contributed by atoms with E-state index in [9.17, 15) is 9.59 Å². The number of anilines is 1. The molecule has 0 N–H and O–H groups in total. The molecular formula is C24H25N3O6S. The van der Waals surface area contributed by atoms with Gasteiger partial charge in [0.15, 0.2) is 16.3 Å². The second-order valence-electron chi connectivity index (χ2n) is 7.33. The van der Waals surface area contributed by atoms with Gasteiger partial charge in [-0.15, -0.1) is 0 Å². The predicted octanol–water partition coefficient (Wildman–Crippen LogP) is 2.00. The molecule has 4 rings (SSSR count). The molecule has 3 aromatic rings. The van der Waals surface area contributed by atoms with Gasteiger partial charge in [-0.25, -0.2) is 9.79 Å². The van der Waals surface area contributed by atoms with Crippen LogP contribution in [-0.4, -0.2) is 45.1 Å². The maximum atomic E-state index is 13.1. The molecule has 0 bridgehead atoms. The van der Waals surface area contributed by atoms with Crippen LogP contribution in [0.2, 0.25) is 0 Å². The molecule has 0 atom stereocenters.